The molecule has 0 saturated carbocycles. The molecule has 0 N–H and O–H groups in total. The molecule has 1 heterocycles. The summed E-state index contributed by atoms with van der Waals surface area (Å²) >= 11 is 2.05. The molecule has 1 aliphatic rings. The monoisotopic (exact) mass is 386 g/mol. The topological polar surface area (TPSA) is 16.1 Å². The van der Waals surface area contributed by atoms with E-state index in [1.807, 2.05) is 11.8 Å². The van der Waals surface area contributed by atoms with E-state index in [1.165, 1.54) is 59.3 Å². The molecular formula is C19H28Cl2N2S. The van der Waals surface area contributed by atoms with Crippen molar-refractivity contribution in [1.82, 2.24) is 9.88 Å². The van der Waals surface area contributed by atoms with E-state index in [0.717, 1.165) is 13.0 Å². The third-order valence-electron chi connectivity index (χ3n) is 4.36. The fourth-order valence-electron chi connectivity index (χ4n) is 3.23. The summed E-state index contributed by atoms with van der Waals surface area (Å²) < 4.78 is 0. The van der Waals surface area contributed by atoms with Gasteiger partial charge in [-0.1, -0.05) is 24.6 Å². The first kappa shape index (κ1) is 21.6. The van der Waals surface area contributed by atoms with Crippen LogP contribution in [0.5, 0.6) is 0 Å². The second kappa shape index (κ2) is 10.5. The van der Waals surface area contributed by atoms with E-state index in [2.05, 4.69) is 43.3 Å². The van der Waals surface area contributed by atoms with E-state index in [9.17, 15) is 0 Å². The van der Waals surface area contributed by atoms with Crippen molar-refractivity contribution >= 4 is 47.5 Å². The lowest BCUT2D eigenvalue weighted by molar-refractivity contribution is 0.410. The fourth-order valence-corrected chi connectivity index (χ4v) is 4.42. The van der Waals surface area contributed by atoms with Gasteiger partial charge < -0.3 is 4.90 Å². The highest BCUT2D eigenvalue weighted by Crippen LogP contribution is 2.35. The first-order valence-corrected chi connectivity index (χ1v) is 9.42. The second-order valence-electron chi connectivity index (χ2n) is 6.45. The molecule has 0 saturated heterocycles. The van der Waals surface area contributed by atoms with E-state index in [4.69, 9.17) is 4.98 Å². The SMILES string of the molecule is CN(C)CCCSc1c2c(nc3ccccc13)CCCCC2.Cl.Cl. The van der Waals surface area contributed by atoms with Crippen LogP contribution in [0.25, 0.3) is 10.9 Å². The Balaban J connectivity index is 0.00000144. The van der Waals surface area contributed by atoms with Gasteiger partial charge in [0.05, 0.1) is 5.52 Å². The summed E-state index contributed by atoms with van der Waals surface area (Å²) in [6.45, 7) is 1.16. The van der Waals surface area contributed by atoms with Gasteiger partial charge in [-0.05, 0) is 70.1 Å². The molecule has 0 unspecified atom stereocenters. The minimum atomic E-state index is 0. The van der Waals surface area contributed by atoms with E-state index in [-0.39, 0.29) is 24.8 Å². The Kier molecular flexibility index (Phi) is 9.43. The molecule has 0 spiro atoms. The van der Waals surface area contributed by atoms with Crippen molar-refractivity contribution in [3.8, 4) is 0 Å². The average Bonchev–Trinajstić information content (AvgIpc) is 2.75. The molecule has 0 fully saturated rings. The van der Waals surface area contributed by atoms with Gasteiger partial charge in [0.15, 0.2) is 0 Å². The van der Waals surface area contributed by atoms with Gasteiger partial charge in [-0.2, -0.15) is 0 Å². The van der Waals surface area contributed by atoms with Gasteiger partial charge in [0, 0.05) is 16.0 Å². The molecule has 1 aromatic heterocycles. The summed E-state index contributed by atoms with van der Waals surface area (Å²) in [5, 5.41) is 1.36. The van der Waals surface area contributed by atoms with Crippen LogP contribution in [0.15, 0.2) is 29.2 Å². The summed E-state index contributed by atoms with van der Waals surface area (Å²) in [6.07, 6.45) is 7.57. The van der Waals surface area contributed by atoms with Gasteiger partial charge in [-0.15, -0.1) is 36.6 Å². The molecule has 0 amide bonds. The normalized spacial score (nSPS) is 13.8. The first-order valence-electron chi connectivity index (χ1n) is 8.44. The smallest absolute Gasteiger partial charge is 0.0716 e. The molecule has 2 nitrogen and oxygen atoms in total. The minimum Gasteiger partial charge on any atom is -0.309 e. The van der Waals surface area contributed by atoms with Gasteiger partial charge >= 0.3 is 0 Å². The largest absolute Gasteiger partial charge is 0.309 e. The van der Waals surface area contributed by atoms with Crippen LogP contribution in [0, 0.1) is 0 Å². The summed E-state index contributed by atoms with van der Waals surface area (Å²) in [5.74, 6) is 1.19. The zero-order valence-corrected chi connectivity index (χ0v) is 17.0. The minimum absolute atomic E-state index is 0. The Hall–Kier alpha value is -0.480. The Morgan fingerprint density at radius 3 is 2.58 bits per heavy atom. The van der Waals surface area contributed by atoms with Crippen LogP contribution in [-0.2, 0) is 12.8 Å². The zero-order valence-electron chi connectivity index (χ0n) is 14.6. The molecule has 3 rings (SSSR count). The van der Waals surface area contributed by atoms with Crippen LogP contribution >= 0.6 is 36.6 Å². The van der Waals surface area contributed by atoms with E-state index in [0.29, 0.717) is 0 Å². The molecule has 134 valence electrons. The fraction of sp³-hybridized carbons (Fsp3) is 0.526. The number of rotatable bonds is 5. The molecule has 2 aromatic rings. The van der Waals surface area contributed by atoms with E-state index in [1.54, 1.807) is 5.56 Å². The third-order valence-corrected chi connectivity index (χ3v) is 5.61. The van der Waals surface area contributed by atoms with Gasteiger partial charge in [0.25, 0.3) is 0 Å². The maximum absolute atomic E-state index is 4.97. The number of fused-ring (bicyclic) bond motifs is 2. The van der Waals surface area contributed by atoms with Crippen molar-refractivity contribution in [2.75, 3.05) is 26.4 Å². The quantitative estimate of drug-likeness (QED) is 0.389. The van der Waals surface area contributed by atoms with Crippen molar-refractivity contribution < 1.29 is 0 Å². The van der Waals surface area contributed by atoms with E-state index < -0.39 is 0 Å². The molecule has 24 heavy (non-hydrogen) atoms. The highest BCUT2D eigenvalue weighted by atomic mass is 35.5. The Bertz CT molecular complexity index is 647. The number of para-hydroxylation sites is 1. The van der Waals surface area contributed by atoms with Crippen molar-refractivity contribution in [2.45, 2.75) is 43.4 Å². The van der Waals surface area contributed by atoms with Crippen LogP contribution in [0.1, 0.15) is 36.9 Å². The van der Waals surface area contributed by atoms with Crippen LogP contribution in [0.4, 0.5) is 0 Å². The Morgan fingerprint density at radius 1 is 1.04 bits per heavy atom. The summed E-state index contributed by atoms with van der Waals surface area (Å²) in [4.78, 5) is 8.76. The number of aryl methyl sites for hydroxylation is 1. The van der Waals surface area contributed by atoms with Crippen molar-refractivity contribution in [2.24, 2.45) is 0 Å². The number of nitrogens with zero attached hydrogens (tertiary/aromatic N) is 2. The Morgan fingerprint density at radius 2 is 1.79 bits per heavy atom. The van der Waals surface area contributed by atoms with Gasteiger partial charge in [0.1, 0.15) is 0 Å². The summed E-state index contributed by atoms with van der Waals surface area (Å²) in [6, 6.07) is 8.68. The maximum atomic E-state index is 4.97. The van der Waals surface area contributed by atoms with Crippen LogP contribution in [-0.4, -0.2) is 36.3 Å². The van der Waals surface area contributed by atoms with Crippen molar-refractivity contribution in [3.05, 3.63) is 35.5 Å². The number of hydrogen-bond acceptors (Lipinski definition) is 3. The third kappa shape index (κ3) is 5.26. The van der Waals surface area contributed by atoms with Gasteiger partial charge in [-0.3, -0.25) is 4.98 Å². The Labute approximate surface area is 162 Å². The lowest BCUT2D eigenvalue weighted by Gasteiger charge is -2.15. The van der Waals surface area contributed by atoms with Gasteiger partial charge in [0.2, 0.25) is 0 Å². The standard InChI is InChI=1S/C19H26N2S.2ClH/c1-21(2)13-8-14-22-19-15-9-4-3-5-11-17(15)20-18-12-7-6-10-16(18)19;;/h6-7,10,12H,3-5,8-9,11,13-14H2,1-2H3;2*1H. The number of hydrogen-bond donors (Lipinski definition) is 0. The predicted octanol–water partition coefficient (Wildman–Crippen LogP) is 5.39. The average molecular weight is 387 g/mol. The molecule has 0 bridgehead atoms. The predicted molar refractivity (Wildman–Crippen MR) is 111 cm³/mol. The van der Waals surface area contributed by atoms with Crippen LogP contribution in [0.2, 0.25) is 0 Å². The lowest BCUT2D eigenvalue weighted by atomic mass is 10.1. The molecule has 0 radical (unpaired) electrons. The molecule has 1 aliphatic carbocycles. The maximum Gasteiger partial charge on any atom is 0.0716 e. The van der Waals surface area contributed by atoms with Crippen LogP contribution < -0.4 is 0 Å². The van der Waals surface area contributed by atoms with Crippen molar-refractivity contribution in [1.29, 1.82) is 0 Å². The summed E-state index contributed by atoms with van der Waals surface area (Å²) in [5.41, 5.74) is 4.09. The number of thioether (sulfide) groups is 1. The highest BCUT2D eigenvalue weighted by molar-refractivity contribution is 7.99. The number of benzene rings is 1. The highest BCUT2D eigenvalue weighted by Gasteiger charge is 2.17. The first-order chi connectivity index (χ1) is 10.8. The summed E-state index contributed by atoms with van der Waals surface area (Å²) in [7, 11) is 4.30. The molecular weight excluding hydrogens is 359 g/mol. The van der Waals surface area contributed by atoms with Crippen molar-refractivity contribution in [3.63, 3.8) is 0 Å². The second-order valence-corrected chi connectivity index (χ2v) is 7.55. The van der Waals surface area contributed by atoms with Crippen LogP contribution in [0.3, 0.4) is 0 Å². The molecule has 0 atom stereocenters. The molecule has 5 heteroatoms. The van der Waals surface area contributed by atoms with Gasteiger partial charge in [-0.25, -0.2) is 0 Å². The number of halogens is 2. The number of pyridine rings is 1. The van der Waals surface area contributed by atoms with E-state index >= 15 is 0 Å². The lowest BCUT2D eigenvalue weighted by Crippen LogP contribution is -2.13. The zero-order chi connectivity index (χ0) is 15.4. The number of aromatic nitrogens is 1. The molecule has 1 aromatic carbocycles. The molecule has 0 aliphatic heterocycles.